The highest BCUT2D eigenvalue weighted by molar-refractivity contribution is 7.20. The first kappa shape index (κ1) is 17.4. The van der Waals surface area contributed by atoms with Crippen molar-refractivity contribution in [3.05, 3.63) is 29.8 Å². The summed E-state index contributed by atoms with van der Waals surface area (Å²) in [5, 5.41) is 10.9. The first-order valence-electron chi connectivity index (χ1n) is 6.50. The molecule has 2 amide bonds. The number of carbonyl (C=O) groups excluding carboxylic acids is 1. The quantitative estimate of drug-likeness (QED) is 0.647. The van der Waals surface area contributed by atoms with Crippen LogP contribution in [-0.4, -0.2) is 28.1 Å². The van der Waals surface area contributed by atoms with Crippen molar-refractivity contribution in [1.82, 2.24) is 4.98 Å². The number of nitrogen functional groups attached to an aromatic ring is 1. The second-order valence-electron chi connectivity index (χ2n) is 4.69. The van der Waals surface area contributed by atoms with Gasteiger partial charge in [0.05, 0.1) is 0 Å². The number of halogens is 2. The molecule has 0 radical (unpaired) electrons. The smallest absolute Gasteiger partial charge is 0.409 e. The molecular formula is C13H13F2N5O3S. The number of carboxylic acid groups (broad SMARTS) is 1. The minimum Gasteiger partial charge on any atom is -0.465 e. The molecule has 0 fully saturated rings. The molecule has 11 heteroatoms. The molecule has 2 rings (SSSR count). The number of nitrogens with zero attached hydrogens (tertiary/aromatic N) is 2. The standard InChI is InChI=1S/C13H13F2N5O3S/c1-5(10(17)21)20(6-2-3-7(14)8(15)4-6)12-18-9(16)11(24-12)19-13(22)23/h2-5,19H,16H2,1H3,(H2,17,21)(H,22,23). The van der Waals surface area contributed by atoms with Crippen LogP contribution in [0.5, 0.6) is 0 Å². The molecule has 1 heterocycles. The molecule has 0 spiro atoms. The van der Waals surface area contributed by atoms with Gasteiger partial charge in [0.25, 0.3) is 0 Å². The number of nitrogens with two attached hydrogens (primary N) is 2. The number of rotatable bonds is 5. The average Bonchev–Trinajstić information content (AvgIpc) is 2.82. The Bertz CT molecular complexity index is 798. The van der Waals surface area contributed by atoms with Crippen LogP contribution in [0.4, 0.5) is 35.2 Å². The first-order valence-corrected chi connectivity index (χ1v) is 7.32. The summed E-state index contributed by atoms with van der Waals surface area (Å²) in [7, 11) is 0. The zero-order chi connectivity index (χ0) is 18.0. The summed E-state index contributed by atoms with van der Waals surface area (Å²) in [6.07, 6.45) is -1.35. The van der Waals surface area contributed by atoms with Crippen molar-refractivity contribution < 1.29 is 23.5 Å². The summed E-state index contributed by atoms with van der Waals surface area (Å²) >= 11 is 0.820. The monoisotopic (exact) mass is 357 g/mol. The number of hydrogen-bond acceptors (Lipinski definition) is 6. The number of carbonyl (C=O) groups is 2. The number of hydrogen-bond donors (Lipinski definition) is 4. The SMILES string of the molecule is CC(C(N)=O)N(c1ccc(F)c(F)c1)c1nc(N)c(NC(=O)O)s1. The van der Waals surface area contributed by atoms with E-state index in [0.717, 1.165) is 23.5 Å². The van der Waals surface area contributed by atoms with E-state index in [9.17, 15) is 18.4 Å². The van der Waals surface area contributed by atoms with E-state index in [2.05, 4.69) is 10.3 Å². The van der Waals surface area contributed by atoms with E-state index >= 15 is 0 Å². The molecule has 6 N–H and O–H groups in total. The van der Waals surface area contributed by atoms with Crippen molar-refractivity contribution >= 4 is 45.0 Å². The maximum absolute atomic E-state index is 13.5. The normalized spacial score (nSPS) is 11.8. The van der Waals surface area contributed by atoms with Crippen molar-refractivity contribution in [1.29, 1.82) is 0 Å². The summed E-state index contributed by atoms with van der Waals surface area (Å²) in [5.74, 6) is -3.05. The van der Waals surface area contributed by atoms with Gasteiger partial charge >= 0.3 is 6.09 Å². The van der Waals surface area contributed by atoms with Gasteiger partial charge in [-0.05, 0) is 19.1 Å². The van der Waals surface area contributed by atoms with Crippen molar-refractivity contribution in [2.75, 3.05) is 16.0 Å². The molecule has 128 valence electrons. The first-order chi connectivity index (χ1) is 11.2. The van der Waals surface area contributed by atoms with E-state index in [4.69, 9.17) is 16.6 Å². The zero-order valence-corrected chi connectivity index (χ0v) is 13.1. The number of anilines is 4. The van der Waals surface area contributed by atoms with E-state index in [1.165, 1.54) is 17.9 Å². The summed E-state index contributed by atoms with van der Waals surface area (Å²) in [6, 6.07) is 2.02. The molecule has 1 aromatic heterocycles. The minimum atomic E-state index is -1.35. The molecule has 2 aromatic rings. The van der Waals surface area contributed by atoms with Gasteiger partial charge in [0.15, 0.2) is 22.6 Å². The van der Waals surface area contributed by atoms with Crippen LogP contribution in [0.1, 0.15) is 6.92 Å². The van der Waals surface area contributed by atoms with Gasteiger partial charge in [-0.15, -0.1) is 0 Å². The fourth-order valence-corrected chi connectivity index (χ4v) is 2.85. The van der Waals surface area contributed by atoms with Crippen LogP contribution in [-0.2, 0) is 4.79 Å². The van der Waals surface area contributed by atoms with Crippen LogP contribution in [0, 0.1) is 11.6 Å². The second-order valence-corrected chi connectivity index (χ2v) is 5.67. The van der Waals surface area contributed by atoms with Gasteiger partial charge in [0, 0.05) is 11.8 Å². The van der Waals surface area contributed by atoms with E-state index in [1.807, 2.05) is 0 Å². The molecule has 0 saturated carbocycles. The summed E-state index contributed by atoms with van der Waals surface area (Å²) in [4.78, 5) is 27.5. The van der Waals surface area contributed by atoms with Crippen molar-refractivity contribution in [3.8, 4) is 0 Å². The van der Waals surface area contributed by atoms with Crippen molar-refractivity contribution in [2.24, 2.45) is 5.73 Å². The van der Waals surface area contributed by atoms with Gasteiger partial charge in [-0.1, -0.05) is 11.3 Å². The largest absolute Gasteiger partial charge is 0.465 e. The molecule has 8 nitrogen and oxygen atoms in total. The Balaban J connectivity index is 2.52. The molecule has 1 unspecified atom stereocenters. The second kappa shape index (κ2) is 6.66. The number of benzene rings is 1. The predicted molar refractivity (Wildman–Crippen MR) is 85.3 cm³/mol. The van der Waals surface area contributed by atoms with Gasteiger partial charge in [-0.3, -0.25) is 10.1 Å². The Morgan fingerprint density at radius 1 is 1.38 bits per heavy atom. The summed E-state index contributed by atoms with van der Waals surface area (Å²) in [6.45, 7) is 1.44. The van der Waals surface area contributed by atoms with E-state index in [0.29, 0.717) is 0 Å². The lowest BCUT2D eigenvalue weighted by atomic mass is 10.2. The van der Waals surface area contributed by atoms with Crippen molar-refractivity contribution in [2.45, 2.75) is 13.0 Å². The van der Waals surface area contributed by atoms with Gasteiger partial charge < -0.3 is 21.5 Å². The highest BCUT2D eigenvalue weighted by Crippen LogP contribution is 2.38. The molecule has 0 aliphatic carbocycles. The van der Waals surface area contributed by atoms with E-state index < -0.39 is 29.7 Å². The molecule has 1 atom stereocenters. The van der Waals surface area contributed by atoms with Crippen LogP contribution in [0.3, 0.4) is 0 Å². The Labute approximate surface area is 138 Å². The van der Waals surface area contributed by atoms with Gasteiger partial charge in [-0.25, -0.2) is 18.6 Å². The van der Waals surface area contributed by atoms with Crippen LogP contribution < -0.4 is 21.7 Å². The lowest BCUT2D eigenvalue weighted by molar-refractivity contribution is -0.118. The number of amides is 2. The van der Waals surface area contributed by atoms with Crippen LogP contribution in [0.2, 0.25) is 0 Å². The maximum Gasteiger partial charge on any atom is 0.409 e. The average molecular weight is 357 g/mol. The van der Waals surface area contributed by atoms with E-state index in [1.54, 1.807) is 0 Å². The third-order valence-corrected chi connectivity index (χ3v) is 4.03. The molecule has 0 bridgehead atoms. The number of thiazole rings is 1. The van der Waals surface area contributed by atoms with Crippen molar-refractivity contribution in [3.63, 3.8) is 0 Å². The number of nitrogens with one attached hydrogen (secondary N) is 1. The number of primary amides is 1. The fraction of sp³-hybridized carbons (Fsp3) is 0.154. The molecular weight excluding hydrogens is 344 g/mol. The third kappa shape index (κ3) is 3.51. The molecule has 0 saturated heterocycles. The lowest BCUT2D eigenvalue weighted by Gasteiger charge is -2.26. The van der Waals surface area contributed by atoms with Gasteiger partial charge in [-0.2, -0.15) is 0 Å². The number of aromatic nitrogens is 1. The zero-order valence-electron chi connectivity index (χ0n) is 12.3. The van der Waals surface area contributed by atoms with Gasteiger partial charge in [0.1, 0.15) is 11.0 Å². The van der Waals surface area contributed by atoms with Gasteiger partial charge in [0.2, 0.25) is 5.91 Å². The van der Waals surface area contributed by atoms with Crippen LogP contribution >= 0.6 is 11.3 Å². The topological polar surface area (TPSA) is 135 Å². The van der Waals surface area contributed by atoms with Crippen LogP contribution in [0.15, 0.2) is 18.2 Å². The molecule has 24 heavy (non-hydrogen) atoms. The Hall–Kier alpha value is -2.95. The Morgan fingerprint density at radius 3 is 2.58 bits per heavy atom. The summed E-state index contributed by atoms with van der Waals surface area (Å²) in [5.41, 5.74) is 11.0. The predicted octanol–water partition coefficient (Wildman–Crippen LogP) is 2.11. The minimum absolute atomic E-state index is 0.0294. The highest BCUT2D eigenvalue weighted by atomic mass is 32.1. The van der Waals surface area contributed by atoms with E-state index in [-0.39, 0.29) is 21.6 Å². The Morgan fingerprint density at radius 2 is 2.04 bits per heavy atom. The highest BCUT2D eigenvalue weighted by Gasteiger charge is 2.26. The lowest BCUT2D eigenvalue weighted by Crippen LogP contribution is -2.40. The molecule has 0 aliphatic heterocycles. The molecule has 0 aliphatic rings. The maximum atomic E-state index is 13.5. The van der Waals surface area contributed by atoms with Crippen LogP contribution in [0.25, 0.3) is 0 Å². The third-order valence-electron chi connectivity index (χ3n) is 3.05. The molecule has 1 aromatic carbocycles. The Kier molecular flexibility index (Phi) is 4.83. The summed E-state index contributed by atoms with van der Waals surface area (Å²) < 4.78 is 26.7. The fourth-order valence-electron chi connectivity index (χ4n) is 1.87.